The Morgan fingerprint density at radius 1 is 0.941 bits per heavy atom. The van der Waals surface area contributed by atoms with Crippen molar-refractivity contribution < 1.29 is 9.59 Å². The average Bonchev–Trinajstić information content (AvgIpc) is 2.32. The molecule has 0 aliphatic rings. The quantitative estimate of drug-likeness (QED) is 0.490. The number of nitrogens with one attached hydrogen (secondary N) is 2. The zero-order valence-corrected chi connectivity index (χ0v) is 10.8. The van der Waals surface area contributed by atoms with Gasteiger partial charge in [0, 0.05) is 25.9 Å². The van der Waals surface area contributed by atoms with Crippen molar-refractivity contribution in [3.8, 4) is 0 Å². The number of carbonyl (C=O) groups is 2. The van der Waals surface area contributed by atoms with Crippen LogP contribution in [0.4, 0.5) is 0 Å². The monoisotopic (exact) mass is 243 g/mol. The Kier molecular flexibility index (Phi) is 10.7. The van der Waals surface area contributed by atoms with Crippen molar-refractivity contribution in [2.45, 2.75) is 45.4 Å². The second kappa shape index (κ2) is 11.4. The van der Waals surface area contributed by atoms with E-state index in [1.165, 1.54) is 0 Å². The Morgan fingerprint density at radius 2 is 1.59 bits per heavy atom. The number of hydrogen-bond acceptors (Lipinski definition) is 3. The minimum Gasteiger partial charge on any atom is -0.356 e. The first kappa shape index (κ1) is 15.9. The van der Waals surface area contributed by atoms with E-state index in [9.17, 15) is 9.59 Å². The number of carbonyl (C=O) groups excluding carboxylic acids is 2. The summed E-state index contributed by atoms with van der Waals surface area (Å²) in [5, 5.41) is 5.50. The van der Waals surface area contributed by atoms with Crippen LogP contribution >= 0.6 is 0 Å². The van der Waals surface area contributed by atoms with E-state index in [0.717, 1.165) is 25.7 Å². The molecule has 0 aromatic carbocycles. The highest BCUT2D eigenvalue weighted by molar-refractivity contribution is 5.78. The van der Waals surface area contributed by atoms with Crippen LogP contribution in [0.5, 0.6) is 0 Å². The molecule has 100 valence electrons. The molecule has 0 aromatic rings. The van der Waals surface area contributed by atoms with Gasteiger partial charge in [0.2, 0.25) is 11.8 Å². The Bertz CT molecular complexity index is 220. The topological polar surface area (TPSA) is 84.2 Å². The summed E-state index contributed by atoms with van der Waals surface area (Å²) < 4.78 is 0. The van der Waals surface area contributed by atoms with E-state index in [0.29, 0.717) is 32.5 Å². The lowest BCUT2D eigenvalue weighted by Gasteiger charge is -2.05. The number of nitrogens with two attached hydrogens (primary N) is 1. The fourth-order valence-corrected chi connectivity index (χ4v) is 1.36. The molecule has 5 heteroatoms. The molecule has 5 nitrogen and oxygen atoms in total. The molecule has 0 radical (unpaired) electrons. The molecule has 0 aromatic heterocycles. The molecule has 0 aliphatic carbocycles. The average molecular weight is 243 g/mol. The van der Waals surface area contributed by atoms with Crippen molar-refractivity contribution >= 4 is 11.8 Å². The van der Waals surface area contributed by atoms with Gasteiger partial charge in [0.05, 0.1) is 0 Å². The first-order valence-corrected chi connectivity index (χ1v) is 6.44. The van der Waals surface area contributed by atoms with Crippen LogP contribution in [0.1, 0.15) is 45.4 Å². The van der Waals surface area contributed by atoms with Gasteiger partial charge in [0.15, 0.2) is 0 Å². The highest BCUT2D eigenvalue weighted by Crippen LogP contribution is 1.98. The lowest BCUT2D eigenvalue weighted by Crippen LogP contribution is -2.30. The normalized spacial score (nSPS) is 10.0. The zero-order chi connectivity index (χ0) is 12.9. The fraction of sp³-hybridized carbons (Fsp3) is 0.833. The van der Waals surface area contributed by atoms with Crippen molar-refractivity contribution in [1.29, 1.82) is 0 Å². The van der Waals surface area contributed by atoms with E-state index >= 15 is 0 Å². The number of amides is 2. The molecule has 0 saturated carbocycles. The molecule has 0 saturated heterocycles. The van der Waals surface area contributed by atoms with Crippen LogP contribution in [-0.4, -0.2) is 31.4 Å². The van der Waals surface area contributed by atoms with Crippen LogP contribution in [0.25, 0.3) is 0 Å². The molecule has 0 spiro atoms. The Morgan fingerprint density at radius 3 is 2.24 bits per heavy atom. The summed E-state index contributed by atoms with van der Waals surface area (Å²) in [5.74, 6) is 0.0144. The molecule has 17 heavy (non-hydrogen) atoms. The highest BCUT2D eigenvalue weighted by atomic mass is 16.2. The van der Waals surface area contributed by atoms with Gasteiger partial charge in [0.1, 0.15) is 0 Å². The fourth-order valence-electron chi connectivity index (χ4n) is 1.36. The van der Waals surface area contributed by atoms with Crippen molar-refractivity contribution in [2.24, 2.45) is 5.73 Å². The second-order valence-electron chi connectivity index (χ2n) is 4.05. The van der Waals surface area contributed by atoms with Crippen molar-refractivity contribution in [1.82, 2.24) is 10.6 Å². The van der Waals surface area contributed by atoms with Gasteiger partial charge in [-0.15, -0.1) is 0 Å². The van der Waals surface area contributed by atoms with Gasteiger partial charge in [-0.25, -0.2) is 0 Å². The van der Waals surface area contributed by atoms with Gasteiger partial charge in [0.25, 0.3) is 0 Å². The maximum atomic E-state index is 11.3. The third kappa shape index (κ3) is 11.2. The zero-order valence-electron chi connectivity index (χ0n) is 10.8. The molecule has 0 rings (SSSR count). The van der Waals surface area contributed by atoms with E-state index in [1.54, 1.807) is 0 Å². The Labute approximate surface area is 104 Å². The van der Waals surface area contributed by atoms with Gasteiger partial charge in [-0.05, 0) is 25.8 Å². The number of unbranched alkanes of at least 4 members (excludes halogenated alkanes) is 2. The van der Waals surface area contributed by atoms with Crippen LogP contribution in [0.3, 0.4) is 0 Å². The summed E-state index contributed by atoms with van der Waals surface area (Å²) in [6, 6.07) is 0. The Hall–Kier alpha value is -1.10. The van der Waals surface area contributed by atoms with E-state index in [4.69, 9.17) is 5.73 Å². The summed E-state index contributed by atoms with van der Waals surface area (Å²) in [6.07, 6.45) is 4.63. The largest absolute Gasteiger partial charge is 0.356 e. The van der Waals surface area contributed by atoms with Crippen LogP contribution in [0.2, 0.25) is 0 Å². The van der Waals surface area contributed by atoms with E-state index < -0.39 is 0 Å². The second-order valence-corrected chi connectivity index (χ2v) is 4.05. The first-order chi connectivity index (χ1) is 8.20. The van der Waals surface area contributed by atoms with E-state index in [2.05, 4.69) is 10.6 Å². The first-order valence-electron chi connectivity index (χ1n) is 6.44. The molecule has 2 amide bonds. The molecule has 4 N–H and O–H groups in total. The van der Waals surface area contributed by atoms with Crippen LogP contribution in [-0.2, 0) is 9.59 Å². The molecule has 0 aliphatic heterocycles. The predicted octanol–water partition coefficient (Wildman–Crippen LogP) is 0.538. The number of hydrogen-bond donors (Lipinski definition) is 3. The lowest BCUT2D eigenvalue weighted by molar-refractivity contribution is -0.122. The molecule has 0 bridgehead atoms. The van der Waals surface area contributed by atoms with Crippen LogP contribution < -0.4 is 16.4 Å². The van der Waals surface area contributed by atoms with Crippen molar-refractivity contribution in [3.63, 3.8) is 0 Å². The van der Waals surface area contributed by atoms with Gasteiger partial charge in [-0.3, -0.25) is 9.59 Å². The molecular weight excluding hydrogens is 218 g/mol. The minimum absolute atomic E-state index is 0.00437. The standard InChI is InChI=1S/C12H25N3O2/c1-2-9-14-12(17)7-10-15-11(16)6-4-3-5-8-13/h2-10,13H2,1H3,(H,14,17)(H,15,16). The summed E-state index contributed by atoms with van der Waals surface area (Å²) in [5.41, 5.74) is 5.35. The molecule has 0 atom stereocenters. The highest BCUT2D eigenvalue weighted by Gasteiger charge is 2.03. The predicted molar refractivity (Wildman–Crippen MR) is 68.4 cm³/mol. The van der Waals surface area contributed by atoms with Gasteiger partial charge in [-0.2, -0.15) is 0 Å². The Balaban J connectivity index is 3.35. The summed E-state index contributed by atoms with van der Waals surface area (Å²) in [7, 11) is 0. The van der Waals surface area contributed by atoms with Crippen molar-refractivity contribution in [2.75, 3.05) is 19.6 Å². The van der Waals surface area contributed by atoms with E-state index in [-0.39, 0.29) is 11.8 Å². The van der Waals surface area contributed by atoms with Crippen molar-refractivity contribution in [3.05, 3.63) is 0 Å². The summed E-state index contributed by atoms with van der Waals surface area (Å²) in [6.45, 7) is 3.81. The van der Waals surface area contributed by atoms with Crippen LogP contribution in [0, 0.1) is 0 Å². The van der Waals surface area contributed by atoms with Gasteiger partial charge in [-0.1, -0.05) is 13.3 Å². The summed E-state index contributed by atoms with van der Waals surface area (Å²) >= 11 is 0. The molecule has 0 heterocycles. The van der Waals surface area contributed by atoms with E-state index in [1.807, 2.05) is 6.92 Å². The van der Waals surface area contributed by atoms with Crippen LogP contribution in [0.15, 0.2) is 0 Å². The third-order valence-electron chi connectivity index (χ3n) is 2.35. The smallest absolute Gasteiger partial charge is 0.221 e. The number of rotatable bonds is 10. The summed E-state index contributed by atoms with van der Waals surface area (Å²) in [4.78, 5) is 22.5. The minimum atomic E-state index is -0.00437. The molecule has 0 fully saturated rings. The van der Waals surface area contributed by atoms with Gasteiger partial charge >= 0.3 is 0 Å². The van der Waals surface area contributed by atoms with Gasteiger partial charge < -0.3 is 16.4 Å². The maximum absolute atomic E-state index is 11.3. The molecular formula is C12H25N3O2. The molecule has 0 unspecified atom stereocenters. The maximum Gasteiger partial charge on any atom is 0.221 e. The lowest BCUT2D eigenvalue weighted by atomic mass is 10.2. The SMILES string of the molecule is CCCNC(=O)CCNC(=O)CCCCCN. The third-order valence-corrected chi connectivity index (χ3v) is 2.35.